The van der Waals surface area contributed by atoms with Crippen LogP contribution in [0.3, 0.4) is 0 Å². The number of rotatable bonds is 8. The van der Waals surface area contributed by atoms with E-state index in [1.807, 2.05) is 50.2 Å². The number of aryl methyl sites for hydroxylation is 1. The standard InChI is InChI=1S/C24H28N6O2.C2H6/c1-18-6-5-7-20(14-18)16-26-29-22-15-23(30-10-12-31-13-11-30)28-24(27-22)32-17-19(2)21-8-3-4-9-25-21;1-2/h3-9,14-16,19H,10-13,17H2,1-2H3,(H,27,28,29);1-2H3/b26-16+;. The van der Waals surface area contributed by atoms with Gasteiger partial charge in [0.2, 0.25) is 0 Å². The summed E-state index contributed by atoms with van der Waals surface area (Å²) in [5.41, 5.74) is 6.19. The third-order valence-electron chi connectivity index (χ3n) is 5.12. The molecule has 0 spiro atoms. The molecule has 0 bridgehead atoms. The molecule has 8 nitrogen and oxygen atoms in total. The van der Waals surface area contributed by atoms with Crippen molar-refractivity contribution < 1.29 is 9.47 Å². The van der Waals surface area contributed by atoms with Gasteiger partial charge in [-0.1, -0.05) is 56.7 Å². The Morgan fingerprint density at radius 3 is 2.68 bits per heavy atom. The van der Waals surface area contributed by atoms with E-state index in [1.165, 1.54) is 5.56 Å². The molecule has 3 heterocycles. The number of morpholine rings is 1. The molecule has 34 heavy (non-hydrogen) atoms. The minimum Gasteiger partial charge on any atom is -0.463 e. The van der Waals surface area contributed by atoms with Gasteiger partial charge in [0.05, 0.1) is 26.0 Å². The summed E-state index contributed by atoms with van der Waals surface area (Å²) in [7, 11) is 0. The van der Waals surface area contributed by atoms with Crippen LogP contribution in [0, 0.1) is 6.92 Å². The van der Waals surface area contributed by atoms with E-state index in [0.29, 0.717) is 31.6 Å². The van der Waals surface area contributed by atoms with Gasteiger partial charge < -0.3 is 14.4 Å². The lowest BCUT2D eigenvalue weighted by atomic mass is 10.1. The zero-order valence-corrected chi connectivity index (χ0v) is 20.4. The summed E-state index contributed by atoms with van der Waals surface area (Å²) < 4.78 is 11.4. The van der Waals surface area contributed by atoms with E-state index in [2.05, 4.69) is 56.4 Å². The van der Waals surface area contributed by atoms with E-state index in [1.54, 1.807) is 12.4 Å². The highest BCUT2D eigenvalue weighted by Gasteiger charge is 2.16. The van der Waals surface area contributed by atoms with Gasteiger partial charge >= 0.3 is 6.01 Å². The Morgan fingerprint density at radius 1 is 1.12 bits per heavy atom. The van der Waals surface area contributed by atoms with Crippen LogP contribution in [0.15, 0.2) is 59.8 Å². The van der Waals surface area contributed by atoms with Crippen molar-refractivity contribution >= 4 is 17.9 Å². The fourth-order valence-electron chi connectivity index (χ4n) is 3.36. The molecule has 1 aliphatic heterocycles. The number of pyridine rings is 1. The molecule has 180 valence electrons. The van der Waals surface area contributed by atoms with Crippen molar-refractivity contribution in [2.45, 2.75) is 33.6 Å². The van der Waals surface area contributed by atoms with Crippen molar-refractivity contribution in [2.24, 2.45) is 5.10 Å². The highest BCUT2D eigenvalue weighted by Crippen LogP contribution is 2.22. The molecule has 1 saturated heterocycles. The van der Waals surface area contributed by atoms with Crippen molar-refractivity contribution in [1.82, 2.24) is 15.0 Å². The fourth-order valence-corrected chi connectivity index (χ4v) is 3.36. The Balaban J connectivity index is 0.00000158. The average molecular weight is 463 g/mol. The number of hydrazone groups is 1. The zero-order chi connectivity index (χ0) is 24.2. The molecule has 1 aliphatic rings. The quantitative estimate of drug-likeness (QED) is 0.385. The summed E-state index contributed by atoms with van der Waals surface area (Å²) in [5, 5.41) is 4.35. The molecule has 1 aromatic carbocycles. The zero-order valence-electron chi connectivity index (χ0n) is 20.4. The fraction of sp³-hybridized carbons (Fsp3) is 0.385. The first-order chi connectivity index (χ1) is 16.7. The first-order valence-electron chi connectivity index (χ1n) is 11.8. The molecule has 1 unspecified atom stereocenters. The number of ether oxygens (including phenoxy) is 2. The van der Waals surface area contributed by atoms with Gasteiger partial charge in [0.25, 0.3) is 0 Å². The van der Waals surface area contributed by atoms with Crippen LogP contribution >= 0.6 is 0 Å². The Labute approximate surface area is 202 Å². The Morgan fingerprint density at radius 2 is 1.94 bits per heavy atom. The normalized spacial score (nSPS) is 14.3. The summed E-state index contributed by atoms with van der Waals surface area (Å²) in [5.74, 6) is 1.48. The van der Waals surface area contributed by atoms with Gasteiger partial charge in [0.1, 0.15) is 5.82 Å². The molecule has 1 N–H and O–H groups in total. The molecular weight excluding hydrogens is 428 g/mol. The SMILES string of the molecule is CC.Cc1cccc(/C=N/Nc2cc(N3CCOCC3)nc(OCC(C)c3ccccn3)n2)c1. The lowest BCUT2D eigenvalue weighted by Crippen LogP contribution is -2.36. The minimum absolute atomic E-state index is 0.114. The average Bonchev–Trinajstić information content (AvgIpc) is 2.89. The van der Waals surface area contributed by atoms with Crippen LogP contribution in [0.1, 0.15) is 43.5 Å². The molecule has 4 rings (SSSR count). The summed E-state index contributed by atoms with van der Waals surface area (Å²) in [4.78, 5) is 15.7. The Kier molecular flexibility index (Phi) is 9.79. The van der Waals surface area contributed by atoms with E-state index in [9.17, 15) is 0 Å². The number of hydrogen-bond donors (Lipinski definition) is 1. The number of aromatic nitrogens is 3. The van der Waals surface area contributed by atoms with Crippen LogP contribution in [-0.4, -0.2) is 54.1 Å². The minimum atomic E-state index is 0.114. The smallest absolute Gasteiger partial charge is 0.320 e. The number of hydrogen-bond acceptors (Lipinski definition) is 8. The number of nitrogens with one attached hydrogen (secondary N) is 1. The molecule has 3 aromatic rings. The summed E-state index contributed by atoms with van der Waals surface area (Å²) in [6, 6.07) is 16.2. The summed E-state index contributed by atoms with van der Waals surface area (Å²) in [6.07, 6.45) is 3.56. The van der Waals surface area contributed by atoms with Gasteiger partial charge in [-0.15, -0.1) is 0 Å². The van der Waals surface area contributed by atoms with Gasteiger partial charge in [-0.2, -0.15) is 15.1 Å². The first kappa shape index (κ1) is 25.1. The topological polar surface area (TPSA) is 84.8 Å². The van der Waals surface area contributed by atoms with Crippen molar-refractivity contribution in [3.05, 3.63) is 71.5 Å². The molecule has 8 heteroatoms. The Bertz CT molecular complexity index is 1040. The van der Waals surface area contributed by atoms with E-state index in [4.69, 9.17) is 9.47 Å². The molecule has 0 radical (unpaired) electrons. The van der Waals surface area contributed by atoms with Crippen molar-refractivity contribution in [3.63, 3.8) is 0 Å². The molecule has 0 amide bonds. The summed E-state index contributed by atoms with van der Waals surface area (Å²) >= 11 is 0. The van der Waals surface area contributed by atoms with Gasteiger partial charge in [-0.25, -0.2) is 0 Å². The van der Waals surface area contributed by atoms with Crippen LogP contribution < -0.4 is 15.1 Å². The van der Waals surface area contributed by atoms with Crippen molar-refractivity contribution in [3.8, 4) is 6.01 Å². The van der Waals surface area contributed by atoms with E-state index in [0.717, 1.165) is 30.2 Å². The van der Waals surface area contributed by atoms with Crippen LogP contribution in [0.25, 0.3) is 0 Å². The van der Waals surface area contributed by atoms with E-state index >= 15 is 0 Å². The van der Waals surface area contributed by atoms with Gasteiger partial charge in [-0.3, -0.25) is 10.4 Å². The van der Waals surface area contributed by atoms with Crippen LogP contribution in [-0.2, 0) is 4.74 Å². The van der Waals surface area contributed by atoms with Crippen LogP contribution in [0.2, 0.25) is 0 Å². The summed E-state index contributed by atoms with van der Waals surface area (Å²) in [6.45, 7) is 11.4. The van der Waals surface area contributed by atoms with Crippen LogP contribution in [0.5, 0.6) is 6.01 Å². The first-order valence-corrected chi connectivity index (χ1v) is 11.8. The number of benzene rings is 1. The van der Waals surface area contributed by atoms with Crippen molar-refractivity contribution in [1.29, 1.82) is 0 Å². The third kappa shape index (κ3) is 7.52. The lowest BCUT2D eigenvalue weighted by molar-refractivity contribution is 0.122. The van der Waals surface area contributed by atoms with Gasteiger partial charge in [0, 0.05) is 37.0 Å². The highest BCUT2D eigenvalue weighted by molar-refractivity contribution is 5.80. The second kappa shape index (κ2) is 13.3. The van der Waals surface area contributed by atoms with Crippen LogP contribution in [0.4, 0.5) is 11.6 Å². The molecular formula is C26H34N6O2. The molecule has 2 aromatic heterocycles. The monoisotopic (exact) mass is 462 g/mol. The molecule has 0 aliphatic carbocycles. The number of anilines is 2. The lowest BCUT2D eigenvalue weighted by Gasteiger charge is -2.28. The third-order valence-corrected chi connectivity index (χ3v) is 5.12. The Hall–Kier alpha value is -3.52. The maximum absolute atomic E-state index is 5.96. The maximum atomic E-state index is 5.96. The highest BCUT2D eigenvalue weighted by atomic mass is 16.5. The largest absolute Gasteiger partial charge is 0.463 e. The predicted molar refractivity (Wildman–Crippen MR) is 137 cm³/mol. The molecule has 1 fully saturated rings. The predicted octanol–water partition coefficient (Wildman–Crippen LogP) is 4.67. The second-order valence-electron chi connectivity index (χ2n) is 7.74. The van der Waals surface area contributed by atoms with Gasteiger partial charge in [-0.05, 0) is 24.6 Å². The van der Waals surface area contributed by atoms with Gasteiger partial charge in [0.15, 0.2) is 5.82 Å². The maximum Gasteiger partial charge on any atom is 0.320 e. The van der Waals surface area contributed by atoms with E-state index in [-0.39, 0.29) is 5.92 Å². The molecule has 1 atom stereocenters. The van der Waals surface area contributed by atoms with E-state index < -0.39 is 0 Å². The number of nitrogens with zero attached hydrogens (tertiary/aromatic N) is 5. The molecule has 0 saturated carbocycles. The second-order valence-corrected chi connectivity index (χ2v) is 7.74. The van der Waals surface area contributed by atoms with Crippen molar-refractivity contribution in [2.75, 3.05) is 43.2 Å².